The summed E-state index contributed by atoms with van der Waals surface area (Å²) in [6.07, 6.45) is -3.13. The average molecular weight is 936 g/mol. The number of carbonyl (C=O) groups excluding carboxylic acids is 4. The van der Waals surface area contributed by atoms with Crippen molar-refractivity contribution in [2.45, 2.75) is 78.5 Å². The van der Waals surface area contributed by atoms with Crippen LogP contribution in [0.3, 0.4) is 0 Å². The zero-order chi connectivity index (χ0) is 57.7. The number of alkyl carbamates (subject to hydrolysis) is 2. The molecule has 366 valence electrons. The van der Waals surface area contributed by atoms with Crippen molar-refractivity contribution in [3.63, 3.8) is 0 Å². The third kappa shape index (κ3) is 21.4. The van der Waals surface area contributed by atoms with Gasteiger partial charge >= 0.3 is 12.2 Å². The number of amides is 4. The highest BCUT2D eigenvalue weighted by Gasteiger charge is 2.37. The molecule has 0 radical (unpaired) electrons. The molecule has 0 bridgehead atoms. The van der Waals surface area contributed by atoms with Crippen molar-refractivity contribution in [1.82, 2.24) is 31.4 Å². The van der Waals surface area contributed by atoms with E-state index in [1.54, 1.807) is 76.4 Å². The standard InChI is InChI=1S/C48H72N6O12/c1-47(2,3)41(51-45(58)61-8)43(56)50-39(32-35-14-10-9-11-15-35)40(55)34-54(33-36-17-19-37(20-18-36)38-16-12-13-21-49-38)53-44(57)42(48(4,5)6)52-46(59)66-31-30-65-29-28-64-27-26-63-25-24-62-23-22-60-7/h9-21,39-42,55H,22-34H2,1-8H3,(H,50,56)(H,51,58)(H,52,59)(H,53,57)/t39-,40-,41+,42+/m0/s1/i4D3,5D3,6D3,33D2. The molecule has 3 aromatic rings. The molecule has 4 amide bonds. The number of carbonyl (C=O) groups is 4. The van der Waals surface area contributed by atoms with Crippen LogP contribution in [0.15, 0.2) is 79.0 Å². The Morgan fingerprint density at radius 1 is 0.682 bits per heavy atom. The molecule has 18 nitrogen and oxygen atoms in total. The van der Waals surface area contributed by atoms with E-state index < -0.39 is 99.3 Å². The number of aliphatic hydroxyl groups is 1. The molecule has 0 aliphatic heterocycles. The first-order valence-electron chi connectivity index (χ1n) is 26.7. The molecule has 3 rings (SSSR count). The fourth-order valence-corrected chi connectivity index (χ4v) is 5.93. The second-order valence-corrected chi connectivity index (χ2v) is 15.8. The lowest BCUT2D eigenvalue weighted by Gasteiger charge is -2.35. The molecule has 1 heterocycles. The van der Waals surface area contributed by atoms with Gasteiger partial charge < -0.3 is 54.2 Å². The number of hydrazine groups is 1. The number of aromatic nitrogens is 1. The number of methoxy groups -OCH3 is 2. The Morgan fingerprint density at radius 2 is 1.24 bits per heavy atom. The average Bonchev–Trinajstić information content (AvgIpc) is 3.35. The second-order valence-electron chi connectivity index (χ2n) is 15.8. The first kappa shape index (κ1) is 39.9. The van der Waals surface area contributed by atoms with Crippen LogP contribution in [-0.4, -0.2) is 150 Å². The molecule has 0 fully saturated rings. The minimum Gasteiger partial charge on any atom is -0.453 e. The molecule has 5 N–H and O–H groups in total. The highest BCUT2D eigenvalue weighted by atomic mass is 16.6. The van der Waals surface area contributed by atoms with E-state index in [9.17, 15) is 27.0 Å². The van der Waals surface area contributed by atoms with Crippen LogP contribution < -0.4 is 21.4 Å². The summed E-state index contributed by atoms with van der Waals surface area (Å²) in [4.78, 5) is 59.3. The summed E-state index contributed by atoms with van der Waals surface area (Å²) >= 11 is 0. The third-order valence-electron chi connectivity index (χ3n) is 9.36. The maximum absolute atomic E-state index is 14.9. The van der Waals surface area contributed by atoms with Gasteiger partial charge in [0, 0.05) is 44.2 Å². The monoisotopic (exact) mass is 936 g/mol. The van der Waals surface area contributed by atoms with E-state index in [1.807, 2.05) is 5.32 Å². The summed E-state index contributed by atoms with van der Waals surface area (Å²) in [7, 11) is 2.66. The van der Waals surface area contributed by atoms with E-state index in [4.69, 9.17) is 45.5 Å². The number of hydrogen-bond donors (Lipinski definition) is 5. The van der Waals surface area contributed by atoms with Crippen molar-refractivity contribution in [3.8, 4) is 11.3 Å². The molecule has 4 atom stereocenters. The largest absolute Gasteiger partial charge is 0.453 e. The van der Waals surface area contributed by atoms with Crippen LogP contribution in [-0.2, 0) is 55.7 Å². The van der Waals surface area contributed by atoms with Crippen molar-refractivity contribution in [1.29, 1.82) is 0 Å². The van der Waals surface area contributed by atoms with E-state index in [1.165, 1.54) is 30.5 Å². The molecular formula is C48H72N6O12. The SMILES string of the molecule is [2H]C([2H])(c1ccc(-c2ccccn2)cc1)N(C[C@H](O)[C@H](Cc1ccccc1)NC(=O)[C@@H](NC(=O)OC)C(C)(C)C)NC(=O)[C@@H](NC(=O)OCCOCCOCCOCCOCCOC)C(C([2H])([2H])[2H])(C([2H])([2H])[2H])C([2H])([2H])[2H]. The summed E-state index contributed by atoms with van der Waals surface area (Å²) in [5.74, 6) is -2.69. The number of pyridine rings is 1. The highest BCUT2D eigenvalue weighted by molar-refractivity contribution is 5.87. The van der Waals surface area contributed by atoms with Gasteiger partial charge in [0.1, 0.15) is 18.7 Å². The van der Waals surface area contributed by atoms with Gasteiger partial charge in [-0.25, -0.2) is 14.6 Å². The van der Waals surface area contributed by atoms with E-state index in [0.29, 0.717) is 48.3 Å². The minimum atomic E-state index is -4.12. The van der Waals surface area contributed by atoms with Crippen LogP contribution in [0, 0.1) is 10.8 Å². The Morgan fingerprint density at radius 3 is 1.79 bits per heavy atom. The van der Waals surface area contributed by atoms with Crippen LogP contribution in [0.25, 0.3) is 11.3 Å². The molecule has 0 aliphatic carbocycles. The minimum absolute atomic E-state index is 0.00336. The van der Waals surface area contributed by atoms with Gasteiger partial charge in [0.15, 0.2) is 0 Å². The van der Waals surface area contributed by atoms with Crippen LogP contribution in [0.1, 0.15) is 67.5 Å². The molecule has 1 aromatic heterocycles. The lowest BCUT2D eigenvalue weighted by Crippen LogP contribution is -2.61. The van der Waals surface area contributed by atoms with Gasteiger partial charge in [-0.2, -0.15) is 0 Å². The van der Waals surface area contributed by atoms with Crippen molar-refractivity contribution < 1.29 is 72.5 Å². The number of ether oxygens (including phenoxy) is 7. The Balaban J connectivity index is 2.05. The number of aliphatic hydroxyl groups excluding tert-OH is 1. The molecule has 0 aliphatic rings. The van der Waals surface area contributed by atoms with Crippen LogP contribution in [0.2, 0.25) is 0 Å². The maximum Gasteiger partial charge on any atom is 0.407 e. The number of nitrogens with one attached hydrogen (secondary N) is 4. The van der Waals surface area contributed by atoms with E-state index in [2.05, 4.69) is 21.0 Å². The zero-order valence-corrected chi connectivity index (χ0v) is 38.1. The number of rotatable bonds is 29. The number of benzene rings is 2. The van der Waals surface area contributed by atoms with Gasteiger partial charge in [-0.3, -0.25) is 20.0 Å². The molecule has 2 aromatic carbocycles. The lowest BCUT2D eigenvalue weighted by atomic mass is 9.85. The normalized spacial score (nSPS) is 16.8. The van der Waals surface area contributed by atoms with Gasteiger partial charge in [-0.1, -0.05) is 102 Å². The summed E-state index contributed by atoms with van der Waals surface area (Å²) in [6, 6.07) is 13.3. The van der Waals surface area contributed by atoms with Crippen molar-refractivity contribution in [3.05, 3.63) is 90.1 Å². The molecule has 0 unspecified atom stereocenters. The van der Waals surface area contributed by atoms with E-state index >= 15 is 0 Å². The van der Waals surface area contributed by atoms with E-state index in [-0.39, 0.29) is 45.0 Å². The summed E-state index contributed by atoms with van der Waals surface area (Å²) < 4.78 is 131. The maximum atomic E-state index is 14.9. The highest BCUT2D eigenvalue weighted by Crippen LogP contribution is 2.23. The van der Waals surface area contributed by atoms with Gasteiger partial charge in [-0.05, 0) is 40.5 Å². The fraction of sp³-hybridized carbons (Fsp3) is 0.562. The Hall–Kier alpha value is -5.21. The molecule has 66 heavy (non-hydrogen) atoms. The summed E-state index contributed by atoms with van der Waals surface area (Å²) in [6.45, 7) is -10.1. The van der Waals surface area contributed by atoms with Gasteiger partial charge in [0.2, 0.25) is 5.91 Å². The molecule has 0 saturated carbocycles. The predicted molar refractivity (Wildman–Crippen MR) is 248 cm³/mol. The molecular weight excluding hydrogens is 853 g/mol. The van der Waals surface area contributed by atoms with Gasteiger partial charge in [-0.15, -0.1) is 0 Å². The van der Waals surface area contributed by atoms with Crippen LogP contribution in [0.5, 0.6) is 0 Å². The predicted octanol–water partition coefficient (Wildman–Crippen LogP) is 4.29. The zero-order valence-electron chi connectivity index (χ0n) is 49.1. The first-order valence-corrected chi connectivity index (χ1v) is 21.2. The first-order chi connectivity index (χ1) is 36.0. The van der Waals surface area contributed by atoms with Crippen LogP contribution in [0.4, 0.5) is 9.59 Å². The van der Waals surface area contributed by atoms with Crippen molar-refractivity contribution >= 4 is 24.0 Å². The van der Waals surface area contributed by atoms with Crippen LogP contribution >= 0.6 is 0 Å². The lowest BCUT2D eigenvalue weighted by molar-refractivity contribution is -0.132. The Kier molecular flexibility index (Phi) is 17.8. The number of nitrogens with zero attached hydrogens (tertiary/aromatic N) is 2. The molecule has 0 saturated heterocycles. The van der Waals surface area contributed by atoms with E-state index in [0.717, 1.165) is 7.11 Å². The summed E-state index contributed by atoms with van der Waals surface area (Å²) in [5.41, 5.74) is -1.61. The fourth-order valence-electron chi connectivity index (χ4n) is 5.93. The van der Waals surface area contributed by atoms with Crippen molar-refractivity contribution in [2.75, 3.05) is 86.8 Å². The topological polar surface area (TPSA) is 217 Å². The summed E-state index contributed by atoms with van der Waals surface area (Å²) in [5, 5.41) is 19.7. The quantitative estimate of drug-likeness (QED) is 0.0485. The Bertz CT molecular complexity index is 2230. The smallest absolute Gasteiger partial charge is 0.407 e. The van der Waals surface area contributed by atoms with Gasteiger partial charge in [0.25, 0.3) is 5.91 Å². The third-order valence-corrected chi connectivity index (χ3v) is 9.36. The number of hydrogen-bond acceptors (Lipinski definition) is 14. The molecule has 0 spiro atoms. The second kappa shape index (κ2) is 29.4. The Labute approximate surface area is 405 Å². The molecule has 18 heteroatoms. The van der Waals surface area contributed by atoms with Crippen molar-refractivity contribution in [2.24, 2.45) is 10.8 Å². The van der Waals surface area contributed by atoms with Gasteiger partial charge in [0.05, 0.1) is 87.2 Å².